The number of nitrogens with zero attached hydrogens (tertiary/aromatic N) is 2. The summed E-state index contributed by atoms with van der Waals surface area (Å²) in [5.41, 5.74) is 2.21. The van der Waals surface area contributed by atoms with E-state index in [0.29, 0.717) is 48.0 Å². The number of likely N-dealkylation sites (tertiary alicyclic amines) is 1. The van der Waals surface area contributed by atoms with Crippen LogP contribution in [0, 0.1) is 5.82 Å². The summed E-state index contributed by atoms with van der Waals surface area (Å²) in [7, 11) is 0. The second-order valence-electron chi connectivity index (χ2n) is 9.75. The summed E-state index contributed by atoms with van der Waals surface area (Å²) in [6.45, 7) is 6.52. The molecule has 0 spiro atoms. The van der Waals surface area contributed by atoms with Crippen molar-refractivity contribution in [3.8, 4) is 0 Å². The average molecular weight is 509 g/mol. The molecule has 1 amide bonds. The number of β-amino-alcohol motifs (C(OH)–C–C–N with tert-alkyl or cyclic N) is 1. The summed E-state index contributed by atoms with van der Waals surface area (Å²) in [6.07, 6.45) is 3.26. The van der Waals surface area contributed by atoms with E-state index in [1.807, 2.05) is 30.9 Å². The number of rotatable bonds is 6. The Balaban J connectivity index is 1.34. The number of carbonyl (C=O) groups excluding carboxylic acids is 2. The van der Waals surface area contributed by atoms with E-state index < -0.39 is 23.6 Å². The summed E-state index contributed by atoms with van der Waals surface area (Å²) in [4.78, 5) is 31.2. The van der Waals surface area contributed by atoms with Crippen LogP contribution in [0.1, 0.15) is 38.3 Å². The van der Waals surface area contributed by atoms with Crippen LogP contribution < -0.4 is 10.6 Å². The van der Waals surface area contributed by atoms with Crippen LogP contribution in [0.5, 0.6) is 0 Å². The standard InChI is InChI=1S/C27H29FN4O5/c1-4-36-26(35)21-10-17(33)13-32(21)14-30-23-8-5-15(12-29-23)19-11-22(37-27(19,2)3)24-18-9-16(28)6-7-20(18)31-25(24)34/h5-9,11-12,17,21,33H,4,10,13-14H2,1-3H3,(H,29,30)(H,31,34)/b24-22+/t17-,21+/m1/s1. The van der Waals surface area contributed by atoms with Crippen LogP contribution in [-0.2, 0) is 19.1 Å². The summed E-state index contributed by atoms with van der Waals surface area (Å²) in [6, 6.07) is 7.37. The van der Waals surface area contributed by atoms with E-state index in [4.69, 9.17) is 9.47 Å². The number of aromatic nitrogens is 1. The van der Waals surface area contributed by atoms with Crippen molar-refractivity contribution in [1.82, 2.24) is 9.88 Å². The quantitative estimate of drug-likeness (QED) is 0.403. The molecule has 1 fully saturated rings. The molecule has 5 rings (SSSR count). The van der Waals surface area contributed by atoms with Gasteiger partial charge in [0, 0.05) is 41.5 Å². The average Bonchev–Trinajstić information content (AvgIpc) is 3.49. The monoisotopic (exact) mass is 508 g/mol. The molecule has 9 nitrogen and oxygen atoms in total. The molecular formula is C27H29FN4O5. The number of carbonyl (C=O) groups is 2. The van der Waals surface area contributed by atoms with Crippen molar-refractivity contribution in [3.63, 3.8) is 0 Å². The van der Waals surface area contributed by atoms with Gasteiger partial charge in [0.15, 0.2) is 0 Å². The molecule has 2 aromatic rings. The number of pyridine rings is 1. The van der Waals surface area contributed by atoms with Crippen LogP contribution in [0.4, 0.5) is 15.9 Å². The summed E-state index contributed by atoms with van der Waals surface area (Å²) < 4.78 is 25.2. The van der Waals surface area contributed by atoms with Crippen LogP contribution >= 0.6 is 0 Å². The first kappa shape index (κ1) is 24.9. The Hall–Kier alpha value is -3.76. The van der Waals surface area contributed by atoms with Crippen molar-refractivity contribution >= 4 is 34.5 Å². The summed E-state index contributed by atoms with van der Waals surface area (Å²) in [5.74, 6) is -0.135. The minimum Gasteiger partial charge on any atom is -0.482 e. The topological polar surface area (TPSA) is 113 Å². The first-order valence-corrected chi connectivity index (χ1v) is 12.2. The molecule has 10 heteroatoms. The highest BCUT2D eigenvalue weighted by atomic mass is 19.1. The van der Waals surface area contributed by atoms with Gasteiger partial charge < -0.3 is 25.2 Å². The van der Waals surface area contributed by atoms with E-state index in [1.165, 1.54) is 18.2 Å². The SMILES string of the molecule is CCOC(=O)[C@@H]1C[C@@H](O)CN1CNc1ccc(C2=C/C(=C3\C(=O)Nc4ccc(F)cc43)OC2(C)C)cn1. The van der Waals surface area contributed by atoms with Crippen LogP contribution in [0.2, 0.25) is 0 Å². The zero-order chi connectivity index (χ0) is 26.3. The normalized spacial score (nSPS) is 24.4. The number of aliphatic hydroxyl groups excluding tert-OH is 1. The lowest BCUT2D eigenvalue weighted by Crippen LogP contribution is -2.40. The molecule has 37 heavy (non-hydrogen) atoms. The smallest absolute Gasteiger partial charge is 0.323 e. The maximum Gasteiger partial charge on any atom is 0.323 e. The molecule has 0 unspecified atom stereocenters. The Bertz CT molecular complexity index is 1300. The summed E-state index contributed by atoms with van der Waals surface area (Å²) >= 11 is 0. The highest BCUT2D eigenvalue weighted by molar-refractivity contribution is 6.32. The molecule has 4 heterocycles. The number of benzene rings is 1. The van der Waals surface area contributed by atoms with Gasteiger partial charge in [-0.25, -0.2) is 9.37 Å². The molecule has 1 saturated heterocycles. The number of amides is 1. The van der Waals surface area contributed by atoms with Crippen molar-refractivity contribution in [2.75, 3.05) is 30.5 Å². The Morgan fingerprint density at radius 2 is 2.16 bits per heavy atom. The van der Waals surface area contributed by atoms with E-state index in [9.17, 15) is 19.1 Å². The van der Waals surface area contributed by atoms with E-state index in [1.54, 1.807) is 19.2 Å². The molecule has 0 bridgehead atoms. The number of esters is 1. The molecular weight excluding hydrogens is 479 g/mol. The minimum atomic E-state index is -0.742. The number of hydrogen-bond acceptors (Lipinski definition) is 8. The van der Waals surface area contributed by atoms with Gasteiger partial charge >= 0.3 is 5.97 Å². The van der Waals surface area contributed by atoms with Gasteiger partial charge in [0.1, 0.15) is 29.0 Å². The second kappa shape index (κ2) is 9.60. The van der Waals surface area contributed by atoms with Crippen molar-refractivity contribution in [3.05, 3.63) is 65.3 Å². The van der Waals surface area contributed by atoms with Gasteiger partial charge in [-0.1, -0.05) is 0 Å². The molecule has 2 atom stereocenters. The molecule has 3 aliphatic heterocycles. The fraction of sp³-hybridized carbons (Fsp3) is 0.370. The van der Waals surface area contributed by atoms with Crippen molar-refractivity contribution in [1.29, 1.82) is 0 Å². The largest absolute Gasteiger partial charge is 0.482 e. The second-order valence-corrected chi connectivity index (χ2v) is 9.75. The van der Waals surface area contributed by atoms with E-state index in [-0.39, 0.29) is 18.5 Å². The number of allylic oxidation sites excluding steroid dienone is 1. The zero-order valence-electron chi connectivity index (χ0n) is 20.9. The highest BCUT2D eigenvalue weighted by Gasteiger charge is 2.39. The molecule has 0 aliphatic carbocycles. The Labute approximate surface area is 214 Å². The van der Waals surface area contributed by atoms with Crippen molar-refractivity contribution < 1.29 is 28.6 Å². The molecule has 3 aliphatic rings. The van der Waals surface area contributed by atoms with Crippen LogP contribution in [0.25, 0.3) is 11.1 Å². The van der Waals surface area contributed by atoms with E-state index >= 15 is 0 Å². The van der Waals surface area contributed by atoms with Gasteiger partial charge in [-0.05, 0) is 57.2 Å². The lowest BCUT2D eigenvalue weighted by atomic mass is 9.93. The number of aliphatic hydroxyl groups is 1. The molecule has 3 N–H and O–H groups in total. The zero-order valence-corrected chi connectivity index (χ0v) is 20.9. The van der Waals surface area contributed by atoms with E-state index in [2.05, 4.69) is 15.6 Å². The van der Waals surface area contributed by atoms with Gasteiger partial charge in [-0.2, -0.15) is 0 Å². The third kappa shape index (κ3) is 4.82. The number of ether oxygens (including phenoxy) is 2. The molecule has 0 saturated carbocycles. The molecule has 194 valence electrons. The fourth-order valence-corrected chi connectivity index (χ4v) is 4.98. The lowest BCUT2D eigenvalue weighted by Gasteiger charge is -2.24. The molecule has 1 aromatic heterocycles. The maximum absolute atomic E-state index is 13.9. The predicted molar refractivity (Wildman–Crippen MR) is 136 cm³/mol. The first-order valence-electron chi connectivity index (χ1n) is 12.2. The van der Waals surface area contributed by atoms with Crippen molar-refractivity contribution in [2.24, 2.45) is 0 Å². The van der Waals surface area contributed by atoms with Gasteiger partial charge in [0.25, 0.3) is 5.91 Å². The maximum atomic E-state index is 13.9. The number of fused-ring (bicyclic) bond motifs is 1. The number of halogens is 1. The Morgan fingerprint density at radius 1 is 1.35 bits per heavy atom. The number of nitrogens with one attached hydrogen (secondary N) is 2. The van der Waals surface area contributed by atoms with Gasteiger partial charge in [-0.15, -0.1) is 0 Å². The third-order valence-electron chi connectivity index (χ3n) is 6.74. The third-order valence-corrected chi connectivity index (χ3v) is 6.74. The summed E-state index contributed by atoms with van der Waals surface area (Å²) in [5, 5.41) is 16.0. The van der Waals surface area contributed by atoms with Gasteiger partial charge in [0.2, 0.25) is 0 Å². The molecule has 1 aromatic carbocycles. The first-order chi connectivity index (χ1) is 17.7. The molecule has 0 radical (unpaired) electrons. The number of anilines is 2. The van der Waals surface area contributed by atoms with Crippen LogP contribution in [0.3, 0.4) is 0 Å². The predicted octanol–water partition coefficient (Wildman–Crippen LogP) is 3.14. The van der Waals surface area contributed by atoms with Crippen LogP contribution in [-0.4, -0.2) is 64.4 Å². The fourth-order valence-electron chi connectivity index (χ4n) is 4.98. The Kier molecular flexibility index (Phi) is 6.47. The van der Waals surface area contributed by atoms with Gasteiger partial charge in [0.05, 0.1) is 25.0 Å². The highest BCUT2D eigenvalue weighted by Crippen LogP contribution is 2.44. The minimum absolute atomic E-state index is 0.290. The van der Waals surface area contributed by atoms with Crippen LogP contribution in [0.15, 0.2) is 48.4 Å². The number of hydrogen-bond donors (Lipinski definition) is 3. The lowest BCUT2D eigenvalue weighted by molar-refractivity contribution is -0.148. The Morgan fingerprint density at radius 3 is 2.89 bits per heavy atom. The van der Waals surface area contributed by atoms with Crippen molar-refractivity contribution in [2.45, 2.75) is 44.9 Å². The van der Waals surface area contributed by atoms with Gasteiger partial charge in [-0.3, -0.25) is 14.5 Å². The van der Waals surface area contributed by atoms with E-state index in [0.717, 1.165) is 11.1 Å².